The first-order valence-corrected chi connectivity index (χ1v) is 10.4. The Hall–Kier alpha value is -2.38. The summed E-state index contributed by atoms with van der Waals surface area (Å²) in [7, 11) is 1.82. The largest absolute Gasteiger partial charge is 0.341 e. The highest BCUT2D eigenvalue weighted by molar-refractivity contribution is 8.01. The molecule has 0 atom stereocenters. The Labute approximate surface area is 167 Å². The monoisotopic (exact) mass is 398 g/mol. The van der Waals surface area contributed by atoms with E-state index in [0.29, 0.717) is 12.3 Å². The Morgan fingerprint density at radius 2 is 1.89 bits per heavy atom. The van der Waals surface area contributed by atoms with E-state index >= 15 is 0 Å². The maximum Gasteiger partial charge on any atom is 0.233 e. The number of carbonyl (C=O) groups excluding carboxylic acids is 1. The van der Waals surface area contributed by atoms with Crippen LogP contribution in [0.15, 0.2) is 52.9 Å². The van der Waals surface area contributed by atoms with Gasteiger partial charge in [0, 0.05) is 19.3 Å². The van der Waals surface area contributed by atoms with Crippen molar-refractivity contribution in [3.05, 3.63) is 65.2 Å². The van der Waals surface area contributed by atoms with Crippen molar-refractivity contribution in [2.24, 2.45) is 0 Å². The molecule has 0 bridgehead atoms. The summed E-state index contributed by atoms with van der Waals surface area (Å²) in [6, 6.07) is 16.2. The van der Waals surface area contributed by atoms with Crippen LogP contribution in [0.3, 0.4) is 0 Å². The number of aromatic nitrogens is 2. The predicted octanol–water partition coefficient (Wildman–Crippen LogP) is 4.65. The highest BCUT2D eigenvalue weighted by Crippen LogP contribution is 2.28. The number of thioether (sulfide) groups is 1. The molecule has 0 unspecified atom stereocenters. The van der Waals surface area contributed by atoms with Gasteiger partial charge < -0.3 is 10.2 Å². The third kappa shape index (κ3) is 5.55. The highest BCUT2D eigenvalue weighted by Gasteiger charge is 2.12. The maximum absolute atomic E-state index is 12.3. The first-order valence-electron chi connectivity index (χ1n) is 8.60. The van der Waals surface area contributed by atoms with E-state index in [-0.39, 0.29) is 5.91 Å². The minimum Gasteiger partial charge on any atom is -0.341 e. The van der Waals surface area contributed by atoms with Crippen LogP contribution >= 0.6 is 23.1 Å². The molecule has 1 amide bonds. The molecule has 0 aliphatic rings. The summed E-state index contributed by atoms with van der Waals surface area (Å²) in [6.07, 6.45) is 0. The van der Waals surface area contributed by atoms with E-state index in [0.717, 1.165) is 20.7 Å². The van der Waals surface area contributed by atoms with E-state index in [9.17, 15) is 4.79 Å². The van der Waals surface area contributed by atoms with Crippen LogP contribution in [0, 0.1) is 13.8 Å². The zero-order chi connectivity index (χ0) is 19.2. The van der Waals surface area contributed by atoms with Gasteiger partial charge in [-0.3, -0.25) is 4.79 Å². The van der Waals surface area contributed by atoms with Gasteiger partial charge in [-0.2, -0.15) is 0 Å². The van der Waals surface area contributed by atoms with Gasteiger partial charge in [0.2, 0.25) is 11.0 Å². The fraction of sp³-hybridized carbons (Fsp3) is 0.250. The molecule has 0 aliphatic carbocycles. The smallest absolute Gasteiger partial charge is 0.233 e. The van der Waals surface area contributed by atoms with Crippen LogP contribution in [0.5, 0.6) is 0 Å². The summed E-state index contributed by atoms with van der Waals surface area (Å²) in [5.74, 6) is 0.421. The summed E-state index contributed by atoms with van der Waals surface area (Å²) in [5.41, 5.74) is 4.59. The molecule has 5 nitrogen and oxygen atoms in total. The predicted molar refractivity (Wildman–Crippen MR) is 113 cm³/mol. The molecule has 0 spiro atoms. The van der Waals surface area contributed by atoms with Crippen molar-refractivity contribution in [3.63, 3.8) is 0 Å². The standard InChI is InChI=1S/C20H22N4OS2/c1-14-9-10-17(11-15(14)2)21-19-22-23-20(27-19)26-13-18(25)24(3)12-16-7-5-4-6-8-16/h4-11H,12-13H2,1-3H3,(H,21,22). The van der Waals surface area contributed by atoms with Gasteiger partial charge in [-0.25, -0.2) is 0 Å². The van der Waals surface area contributed by atoms with Crippen LogP contribution in [0.2, 0.25) is 0 Å². The van der Waals surface area contributed by atoms with Gasteiger partial charge in [-0.1, -0.05) is 59.5 Å². The van der Waals surface area contributed by atoms with Gasteiger partial charge in [-0.15, -0.1) is 10.2 Å². The first kappa shape index (κ1) is 19.4. The van der Waals surface area contributed by atoms with Crippen LogP contribution in [0.1, 0.15) is 16.7 Å². The van der Waals surface area contributed by atoms with Gasteiger partial charge in [0.05, 0.1) is 5.75 Å². The number of amides is 1. The van der Waals surface area contributed by atoms with Crippen molar-refractivity contribution < 1.29 is 4.79 Å². The van der Waals surface area contributed by atoms with Crippen LogP contribution in [-0.2, 0) is 11.3 Å². The summed E-state index contributed by atoms with van der Waals surface area (Å²) in [5, 5.41) is 12.3. The zero-order valence-corrected chi connectivity index (χ0v) is 17.2. The molecule has 1 heterocycles. The second kappa shape index (κ2) is 9.01. The molecule has 3 aromatic rings. The molecule has 27 heavy (non-hydrogen) atoms. The Balaban J connectivity index is 1.51. The molecule has 0 radical (unpaired) electrons. The number of nitrogens with one attached hydrogen (secondary N) is 1. The van der Waals surface area contributed by atoms with E-state index in [2.05, 4.69) is 41.5 Å². The van der Waals surface area contributed by atoms with Crippen molar-refractivity contribution in [1.82, 2.24) is 15.1 Å². The van der Waals surface area contributed by atoms with Crippen LogP contribution in [-0.4, -0.2) is 33.8 Å². The van der Waals surface area contributed by atoms with Crippen molar-refractivity contribution >= 4 is 39.8 Å². The second-order valence-corrected chi connectivity index (χ2v) is 8.52. The third-order valence-corrected chi connectivity index (χ3v) is 6.13. The Bertz CT molecular complexity index is 911. The van der Waals surface area contributed by atoms with Crippen LogP contribution in [0.4, 0.5) is 10.8 Å². The SMILES string of the molecule is Cc1ccc(Nc2nnc(SCC(=O)N(C)Cc3ccccc3)s2)cc1C. The molecule has 0 fully saturated rings. The Kier molecular flexibility index (Phi) is 6.47. The molecular formula is C20H22N4OS2. The summed E-state index contributed by atoms with van der Waals surface area (Å²) < 4.78 is 0.780. The third-order valence-electron chi connectivity index (χ3n) is 4.17. The van der Waals surface area contributed by atoms with Gasteiger partial charge in [-0.05, 0) is 42.7 Å². The molecule has 3 rings (SSSR count). The lowest BCUT2D eigenvalue weighted by atomic mass is 10.1. The number of nitrogens with zero attached hydrogens (tertiary/aromatic N) is 3. The highest BCUT2D eigenvalue weighted by atomic mass is 32.2. The lowest BCUT2D eigenvalue weighted by Gasteiger charge is -2.16. The molecule has 0 saturated carbocycles. The fourth-order valence-corrected chi connectivity index (χ4v) is 4.15. The van der Waals surface area contributed by atoms with E-state index in [1.165, 1.54) is 34.2 Å². The van der Waals surface area contributed by atoms with Crippen molar-refractivity contribution in [1.29, 1.82) is 0 Å². The van der Waals surface area contributed by atoms with Crippen molar-refractivity contribution in [2.75, 3.05) is 18.1 Å². The minimum absolute atomic E-state index is 0.0720. The molecule has 0 aliphatic heterocycles. The molecule has 2 aromatic carbocycles. The number of carbonyl (C=O) groups is 1. The van der Waals surface area contributed by atoms with Gasteiger partial charge in [0.25, 0.3) is 0 Å². The quantitative estimate of drug-likeness (QED) is 0.587. The molecule has 7 heteroatoms. The lowest BCUT2D eigenvalue weighted by Crippen LogP contribution is -2.27. The second-order valence-electron chi connectivity index (χ2n) is 6.32. The minimum atomic E-state index is 0.0720. The number of benzene rings is 2. The van der Waals surface area contributed by atoms with Gasteiger partial charge >= 0.3 is 0 Å². The van der Waals surface area contributed by atoms with Crippen molar-refractivity contribution in [2.45, 2.75) is 24.7 Å². The lowest BCUT2D eigenvalue weighted by molar-refractivity contribution is -0.127. The molecule has 0 saturated heterocycles. The normalized spacial score (nSPS) is 10.6. The van der Waals surface area contributed by atoms with Crippen LogP contribution in [0.25, 0.3) is 0 Å². The summed E-state index contributed by atoms with van der Waals surface area (Å²) in [6.45, 7) is 4.78. The van der Waals surface area contributed by atoms with Gasteiger partial charge in [0.1, 0.15) is 0 Å². The van der Waals surface area contributed by atoms with E-state index in [1.54, 1.807) is 4.90 Å². The summed E-state index contributed by atoms with van der Waals surface area (Å²) >= 11 is 2.87. The van der Waals surface area contributed by atoms with Crippen molar-refractivity contribution in [3.8, 4) is 0 Å². The molecule has 1 aromatic heterocycles. The molecular weight excluding hydrogens is 376 g/mol. The number of hydrogen-bond acceptors (Lipinski definition) is 6. The van der Waals surface area contributed by atoms with E-state index < -0.39 is 0 Å². The average Bonchev–Trinajstić information content (AvgIpc) is 3.11. The number of aryl methyl sites for hydroxylation is 2. The average molecular weight is 399 g/mol. The maximum atomic E-state index is 12.3. The Morgan fingerprint density at radius 1 is 1.11 bits per heavy atom. The van der Waals surface area contributed by atoms with Crippen LogP contribution < -0.4 is 5.32 Å². The molecule has 1 N–H and O–H groups in total. The summed E-state index contributed by atoms with van der Waals surface area (Å²) in [4.78, 5) is 14.1. The number of anilines is 2. The number of hydrogen-bond donors (Lipinski definition) is 1. The topological polar surface area (TPSA) is 58.1 Å². The zero-order valence-electron chi connectivity index (χ0n) is 15.6. The van der Waals surface area contributed by atoms with Gasteiger partial charge in [0.15, 0.2) is 4.34 Å². The van der Waals surface area contributed by atoms with E-state index in [4.69, 9.17) is 0 Å². The fourth-order valence-electron chi connectivity index (χ4n) is 2.44. The first-order chi connectivity index (χ1) is 13.0. The number of rotatable bonds is 7. The molecule has 140 valence electrons. The Morgan fingerprint density at radius 3 is 2.63 bits per heavy atom. The van der Waals surface area contributed by atoms with E-state index in [1.807, 2.05) is 43.4 Å².